The fourth-order valence-electron chi connectivity index (χ4n) is 0.932. The average Bonchev–Trinajstić information content (AvgIpc) is 2.03. The predicted molar refractivity (Wildman–Crippen MR) is 48.7 cm³/mol. The summed E-state index contributed by atoms with van der Waals surface area (Å²) in [4.78, 5) is 21.2. The Morgan fingerprint density at radius 2 is 1.79 bits per heavy atom. The van der Waals surface area contributed by atoms with Gasteiger partial charge >= 0.3 is 11.9 Å². The average molecular weight is 204 g/mol. The van der Waals surface area contributed by atoms with Crippen molar-refractivity contribution in [3.63, 3.8) is 0 Å². The number of methoxy groups -OCH3 is 1. The molecule has 0 aromatic carbocycles. The second kappa shape index (κ2) is 6.37. The molecule has 14 heavy (non-hydrogen) atoms. The fourth-order valence-corrected chi connectivity index (χ4v) is 0.932. The lowest BCUT2D eigenvalue weighted by molar-refractivity contribution is -0.158. The fraction of sp³-hybridized carbons (Fsp3) is 0.778. The quantitative estimate of drug-likeness (QED) is 0.611. The highest BCUT2D eigenvalue weighted by atomic mass is 16.6. The lowest BCUT2D eigenvalue weighted by Gasteiger charge is -2.21. The maximum atomic E-state index is 10.6. The van der Waals surface area contributed by atoms with Crippen molar-refractivity contribution >= 4 is 11.9 Å². The van der Waals surface area contributed by atoms with Crippen LogP contribution in [0.4, 0.5) is 0 Å². The standard InChI is InChI=1S/C9H16O5/c1-6(14-8(3)11)9(12-4)5-13-7(2)10/h6,9H,5H2,1-4H3/t6-,9?/m1/s1. The molecule has 0 saturated heterocycles. The summed E-state index contributed by atoms with van der Waals surface area (Å²) in [7, 11) is 1.47. The van der Waals surface area contributed by atoms with Crippen molar-refractivity contribution in [1.82, 2.24) is 0 Å². The van der Waals surface area contributed by atoms with Crippen LogP contribution in [0.3, 0.4) is 0 Å². The van der Waals surface area contributed by atoms with Gasteiger partial charge < -0.3 is 14.2 Å². The Balaban J connectivity index is 3.98. The lowest BCUT2D eigenvalue weighted by atomic mass is 10.2. The normalized spacial score (nSPS) is 14.3. The van der Waals surface area contributed by atoms with Crippen LogP contribution in [0.5, 0.6) is 0 Å². The first kappa shape index (κ1) is 12.9. The highest BCUT2D eigenvalue weighted by Crippen LogP contribution is 2.04. The summed E-state index contributed by atoms with van der Waals surface area (Å²) in [5.41, 5.74) is 0. The highest BCUT2D eigenvalue weighted by molar-refractivity contribution is 5.66. The largest absolute Gasteiger partial charge is 0.463 e. The van der Waals surface area contributed by atoms with Gasteiger partial charge in [0.25, 0.3) is 0 Å². The maximum absolute atomic E-state index is 10.6. The van der Waals surface area contributed by atoms with E-state index >= 15 is 0 Å². The van der Waals surface area contributed by atoms with Crippen LogP contribution in [-0.4, -0.2) is 37.9 Å². The molecule has 0 amide bonds. The number of esters is 2. The Bertz CT molecular complexity index is 201. The molecule has 0 aromatic heterocycles. The Labute approximate surface area is 83.3 Å². The first-order valence-electron chi connectivity index (χ1n) is 4.30. The summed E-state index contributed by atoms with van der Waals surface area (Å²) in [6, 6.07) is 0. The van der Waals surface area contributed by atoms with E-state index in [1.807, 2.05) is 0 Å². The summed E-state index contributed by atoms with van der Waals surface area (Å²) in [5, 5.41) is 0. The highest BCUT2D eigenvalue weighted by Gasteiger charge is 2.20. The number of rotatable bonds is 5. The van der Waals surface area contributed by atoms with Crippen LogP contribution in [0.2, 0.25) is 0 Å². The summed E-state index contributed by atoms with van der Waals surface area (Å²) in [5.74, 6) is -0.774. The molecule has 0 heterocycles. The van der Waals surface area contributed by atoms with Crippen LogP contribution in [0.1, 0.15) is 20.8 Å². The molecule has 0 aliphatic carbocycles. The number of carbonyl (C=O) groups is 2. The SMILES string of the molecule is COC(COC(C)=O)[C@@H](C)OC(C)=O. The Hall–Kier alpha value is -1.10. The van der Waals surface area contributed by atoms with Crippen molar-refractivity contribution in [2.45, 2.75) is 33.0 Å². The van der Waals surface area contributed by atoms with Crippen LogP contribution in [-0.2, 0) is 23.8 Å². The topological polar surface area (TPSA) is 61.8 Å². The zero-order chi connectivity index (χ0) is 11.1. The smallest absolute Gasteiger partial charge is 0.302 e. The molecular formula is C9H16O5. The van der Waals surface area contributed by atoms with Crippen LogP contribution in [0.25, 0.3) is 0 Å². The number of carbonyl (C=O) groups excluding carboxylic acids is 2. The molecule has 82 valence electrons. The molecule has 5 heteroatoms. The van der Waals surface area contributed by atoms with Crippen molar-refractivity contribution in [1.29, 1.82) is 0 Å². The van der Waals surface area contributed by atoms with E-state index in [1.165, 1.54) is 21.0 Å². The Morgan fingerprint density at radius 1 is 1.21 bits per heavy atom. The zero-order valence-corrected chi connectivity index (χ0v) is 8.90. The minimum atomic E-state index is -0.433. The van der Waals surface area contributed by atoms with E-state index in [4.69, 9.17) is 14.2 Å². The third kappa shape index (κ3) is 5.53. The third-order valence-electron chi connectivity index (χ3n) is 1.63. The molecule has 0 radical (unpaired) electrons. The first-order valence-corrected chi connectivity index (χ1v) is 4.30. The minimum Gasteiger partial charge on any atom is -0.463 e. The van der Waals surface area contributed by atoms with Gasteiger partial charge in [0.15, 0.2) is 0 Å². The van der Waals surface area contributed by atoms with Crippen molar-refractivity contribution in [3.05, 3.63) is 0 Å². The molecule has 0 fully saturated rings. The van der Waals surface area contributed by atoms with Crippen molar-refractivity contribution in [3.8, 4) is 0 Å². The molecule has 0 saturated carbocycles. The van der Waals surface area contributed by atoms with Gasteiger partial charge in [-0.05, 0) is 6.92 Å². The van der Waals surface area contributed by atoms with Gasteiger partial charge in [0.05, 0.1) is 0 Å². The summed E-state index contributed by atoms with van der Waals surface area (Å²) >= 11 is 0. The van der Waals surface area contributed by atoms with E-state index in [2.05, 4.69) is 0 Å². The number of hydrogen-bond donors (Lipinski definition) is 0. The van der Waals surface area contributed by atoms with E-state index in [0.29, 0.717) is 0 Å². The van der Waals surface area contributed by atoms with Crippen LogP contribution < -0.4 is 0 Å². The van der Waals surface area contributed by atoms with Gasteiger partial charge in [0.1, 0.15) is 18.8 Å². The van der Waals surface area contributed by atoms with Gasteiger partial charge in [-0.15, -0.1) is 0 Å². The number of ether oxygens (including phenoxy) is 3. The molecule has 0 spiro atoms. The predicted octanol–water partition coefficient (Wildman–Crippen LogP) is 0.516. The van der Waals surface area contributed by atoms with Crippen LogP contribution >= 0.6 is 0 Å². The third-order valence-corrected chi connectivity index (χ3v) is 1.63. The summed E-state index contributed by atoms with van der Waals surface area (Å²) in [6.07, 6.45) is -0.861. The molecule has 0 aromatic rings. The van der Waals surface area contributed by atoms with E-state index in [0.717, 1.165) is 0 Å². The second-order valence-corrected chi connectivity index (χ2v) is 2.89. The van der Waals surface area contributed by atoms with E-state index < -0.39 is 12.2 Å². The van der Waals surface area contributed by atoms with Crippen LogP contribution in [0.15, 0.2) is 0 Å². The Morgan fingerprint density at radius 3 is 2.14 bits per heavy atom. The van der Waals surface area contributed by atoms with Gasteiger partial charge in [-0.2, -0.15) is 0 Å². The van der Waals surface area contributed by atoms with Crippen molar-refractivity contribution in [2.75, 3.05) is 13.7 Å². The zero-order valence-electron chi connectivity index (χ0n) is 8.90. The first-order chi connectivity index (χ1) is 6.47. The molecule has 0 aliphatic rings. The van der Waals surface area contributed by atoms with E-state index in [-0.39, 0.29) is 18.5 Å². The molecule has 2 atom stereocenters. The molecule has 0 bridgehead atoms. The molecule has 0 aliphatic heterocycles. The molecule has 0 rings (SSSR count). The molecule has 0 N–H and O–H groups in total. The Kier molecular flexibility index (Phi) is 5.87. The summed E-state index contributed by atoms with van der Waals surface area (Å²) < 4.78 is 14.6. The number of hydrogen-bond acceptors (Lipinski definition) is 5. The lowest BCUT2D eigenvalue weighted by Crippen LogP contribution is -2.34. The van der Waals surface area contributed by atoms with Gasteiger partial charge in [-0.1, -0.05) is 0 Å². The molecular weight excluding hydrogens is 188 g/mol. The van der Waals surface area contributed by atoms with Crippen molar-refractivity contribution in [2.24, 2.45) is 0 Å². The minimum absolute atomic E-state index is 0.0836. The molecule has 5 nitrogen and oxygen atoms in total. The van der Waals surface area contributed by atoms with Gasteiger partial charge in [-0.25, -0.2) is 0 Å². The summed E-state index contributed by atoms with van der Waals surface area (Å²) in [6.45, 7) is 4.39. The second-order valence-electron chi connectivity index (χ2n) is 2.89. The van der Waals surface area contributed by atoms with Gasteiger partial charge in [-0.3, -0.25) is 9.59 Å². The maximum Gasteiger partial charge on any atom is 0.302 e. The van der Waals surface area contributed by atoms with E-state index in [1.54, 1.807) is 6.92 Å². The van der Waals surface area contributed by atoms with Gasteiger partial charge in [0.2, 0.25) is 0 Å². The van der Waals surface area contributed by atoms with Gasteiger partial charge in [0, 0.05) is 21.0 Å². The van der Waals surface area contributed by atoms with Crippen LogP contribution in [0, 0.1) is 0 Å². The van der Waals surface area contributed by atoms with E-state index in [9.17, 15) is 9.59 Å². The van der Waals surface area contributed by atoms with Crippen molar-refractivity contribution < 1.29 is 23.8 Å². The monoisotopic (exact) mass is 204 g/mol. The molecule has 1 unspecified atom stereocenters.